The molecule has 0 N–H and O–H groups in total. The Morgan fingerprint density at radius 3 is 2.29 bits per heavy atom. The average Bonchev–Trinajstić information content (AvgIpc) is 3.10. The molecule has 21 heavy (non-hydrogen) atoms. The summed E-state index contributed by atoms with van der Waals surface area (Å²) >= 11 is 0. The van der Waals surface area contributed by atoms with Crippen molar-refractivity contribution >= 4 is 16.0 Å². The fourth-order valence-electron chi connectivity index (χ4n) is 2.68. The van der Waals surface area contributed by atoms with E-state index in [1.54, 1.807) is 24.3 Å². The number of ether oxygens (including phenoxy) is 1. The summed E-state index contributed by atoms with van der Waals surface area (Å²) in [4.78, 5) is 11.6. The van der Waals surface area contributed by atoms with E-state index in [0.717, 1.165) is 18.4 Å². The number of carbonyl (C=O) groups excluding carboxylic acids is 1. The van der Waals surface area contributed by atoms with E-state index in [2.05, 4.69) is 6.58 Å². The number of sulfonamides is 1. The van der Waals surface area contributed by atoms with Crippen LogP contribution in [0.25, 0.3) is 0 Å². The van der Waals surface area contributed by atoms with Crippen molar-refractivity contribution in [2.75, 3.05) is 13.1 Å². The normalized spacial score (nSPS) is 23.5. The highest BCUT2D eigenvalue weighted by molar-refractivity contribution is 7.89. The van der Waals surface area contributed by atoms with Gasteiger partial charge in [0.2, 0.25) is 10.0 Å². The fourth-order valence-corrected chi connectivity index (χ4v) is 4.20. The molecule has 1 aromatic rings. The number of hydrogen-bond donors (Lipinski definition) is 0. The van der Waals surface area contributed by atoms with E-state index in [9.17, 15) is 13.2 Å². The van der Waals surface area contributed by atoms with Gasteiger partial charge in [0, 0.05) is 25.1 Å². The van der Waals surface area contributed by atoms with Crippen LogP contribution < -0.4 is 0 Å². The van der Waals surface area contributed by atoms with Gasteiger partial charge in [-0.1, -0.05) is 18.7 Å². The lowest BCUT2D eigenvalue weighted by Gasteiger charge is -2.16. The quantitative estimate of drug-likeness (QED) is 0.633. The lowest BCUT2D eigenvalue weighted by Crippen LogP contribution is -2.27. The van der Waals surface area contributed by atoms with Crippen molar-refractivity contribution in [1.29, 1.82) is 0 Å². The molecule has 3 rings (SSSR count). The van der Waals surface area contributed by atoms with Crippen LogP contribution in [0.2, 0.25) is 0 Å². The molecule has 0 aromatic heterocycles. The average molecular weight is 307 g/mol. The van der Waals surface area contributed by atoms with E-state index >= 15 is 0 Å². The highest BCUT2D eigenvalue weighted by Crippen LogP contribution is 2.32. The Morgan fingerprint density at radius 2 is 1.76 bits per heavy atom. The summed E-state index contributed by atoms with van der Waals surface area (Å²) in [6, 6.07) is 6.58. The van der Waals surface area contributed by atoms with Crippen LogP contribution in [0.5, 0.6) is 0 Å². The Balaban J connectivity index is 1.81. The first-order chi connectivity index (χ1) is 9.98. The highest BCUT2D eigenvalue weighted by Gasteiger charge is 2.30. The first kappa shape index (κ1) is 14.3. The minimum absolute atomic E-state index is 0.288. The van der Waals surface area contributed by atoms with Crippen molar-refractivity contribution in [3.63, 3.8) is 0 Å². The Labute approximate surface area is 124 Å². The van der Waals surface area contributed by atoms with Gasteiger partial charge >= 0.3 is 5.97 Å². The predicted molar refractivity (Wildman–Crippen MR) is 77.0 cm³/mol. The van der Waals surface area contributed by atoms with Crippen molar-refractivity contribution in [3.05, 3.63) is 42.0 Å². The van der Waals surface area contributed by atoms with Crippen molar-refractivity contribution in [1.82, 2.24) is 4.31 Å². The minimum Gasteiger partial charge on any atom is -0.454 e. The monoisotopic (exact) mass is 307 g/mol. The summed E-state index contributed by atoms with van der Waals surface area (Å²) in [6.45, 7) is 4.82. The second kappa shape index (κ2) is 5.27. The molecular formula is C15H17NO4S. The number of nitrogens with zero attached hydrogens (tertiary/aromatic N) is 1. The summed E-state index contributed by atoms with van der Waals surface area (Å²) in [5, 5.41) is 0. The molecule has 2 fully saturated rings. The third kappa shape index (κ3) is 2.61. The molecule has 0 amide bonds. The fraction of sp³-hybridized carbons (Fsp3) is 0.400. The van der Waals surface area contributed by atoms with E-state index < -0.39 is 10.0 Å². The van der Waals surface area contributed by atoms with Crippen LogP contribution in [0, 0.1) is 0 Å². The Kier molecular flexibility index (Phi) is 3.59. The van der Waals surface area contributed by atoms with Crippen LogP contribution >= 0.6 is 0 Å². The Morgan fingerprint density at radius 1 is 1.14 bits per heavy atom. The molecule has 1 aromatic carbocycles. The molecule has 0 bridgehead atoms. The van der Waals surface area contributed by atoms with Crippen molar-refractivity contribution in [3.8, 4) is 0 Å². The van der Waals surface area contributed by atoms with Crippen LogP contribution in [0.1, 0.15) is 30.9 Å². The van der Waals surface area contributed by atoms with Crippen LogP contribution in [0.3, 0.4) is 0 Å². The van der Waals surface area contributed by atoms with Gasteiger partial charge in [0.25, 0.3) is 0 Å². The van der Waals surface area contributed by atoms with E-state index in [-0.39, 0.29) is 17.0 Å². The van der Waals surface area contributed by atoms with Gasteiger partial charge in [-0.3, -0.25) is 0 Å². The zero-order valence-electron chi connectivity index (χ0n) is 11.6. The Bertz CT molecular complexity index is 656. The van der Waals surface area contributed by atoms with Gasteiger partial charge in [0.15, 0.2) is 0 Å². The van der Waals surface area contributed by atoms with Gasteiger partial charge in [-0.25, -0.2) is 13.2 Å². The maximum atomic E-state index is 12.4. The molecule has 2 aliphatic heterocycles. The Hall–Kier alpha value is -1.66. The smallest absolute Gasteiger partial charge is 0.334 e. The number of cyclic esters (lactones) is 1. The van der Waals surface area contributed by atoms with Gasteiger partial charge < -0.3 is 4.74 Å². The standard InChI is InChI=1S/C15H17NO4S/c1-11-10-14(20-15(11)17)12-4-6-13(7-5-12)21(18,19)16-8-2-3-9-16/h4-7,14H,1-3,8-10H2. The number of carbonyl (C=O) groups is 1. The summed E-state index contributed by atoms with van der Waals surface area (Å²) < 4.78 is 31.5. The van der Waals surface area contributed by atoms with Crippen molar-refractivity contribution in [2.24, 2.45) is 0 Å². The van der Waals surface area contributed by atoms with Gasteiger partial charge in [-0.2, -0.15) is 4.31 Å². The molecule has 0 radical (unpaired) electrons. The topological polar surface area (TPSA) is 63.7 Å². The van der Waals surface area contributed by atoms with Gasteiger partial charge in [-0.05, 0) is 30.5 Å². The van der Waals surface area contributed by atoms with Crippen molar-refractivity contribution < 1.29 is 17.9 Å². The minimum atomic E-state index is -3.39. The van der Waals surface area contributed by atoms with Gasteiger partial charge in [0.1, 0.15) is 6.10 Å². The van der Waals surface area contributed by atoms with Crippen LogP contribution in [-0.2, 0) is 19.6 Å². The molecule has 1 atom stereocenters. The number of benzene rings is 1. The third-order valence-electron chi connectivity index (χ3n) is 3.92. The second-order valence-electron chi connectivity index (χ2n) is 5.38. The number of esters is 1. The summed E-state index contributed by atoms with van der Waals surface area (Å²) in [6.07, 6.45) is 1.93. The van der Waals surface area contributed by atoms with Crippen LogP contribution in [-0.4, -0.2) is 31.8 Å². The highest BCUT2D eigenvalue weighted by atomic mass is 32.2. The lowest BCUT2D eigenvalue weighted by molar-refractivity contribution is -0.139. The zero-order chi connectivity index (χ0) is 15.0. The molecule has 2 heterocycles. The van der Waals surface area contributed by atoms with E-state index in [1.165, 1.54) is 4.31 Å². The molecular weight excluding hydrogens is 290 g/mol. The summed E-state index contributed by atoms with van der Waals surface area (Å²) in [5.74, 6) is -0.381. The molecule has 112 valence electrons. The van der Waals surface area contributed by atoms with E-state index in [0.29, 0.717) is 25.1 Å². The van der Waals surface area contributed by atoms with E-state index in [4.69, 9.17) is 4.74 Å². The summed E-state index contributed by atoms with van der Waals surface area (Å²) in [5.41, 5.74) is 1.25. The molecule has 6 heteroatoms. The molecule has 2 aliphatic rings. The predicted octanol–water partition coefficient (Wildman–Crippen LogP) is 2.02. The molecule has 0 saturated carbocycles. The largest absolute Gasteiger partial charge is 0.454 e. The number of hydrogen-bond acceptors (Lipinski definition) is 4. The van der Waals surface area contributed by atoms with E-state index in [1.807, 2.05) is 0 Å². The second-order valence-corrected chi connectivity index (χ2v) is 7.32. The maximum Gasteiger partial charge on any atom is 0.334 e. The molecule has 0 aliphatic carbocycles. The van der Waals surface area contributed by atoms with Crippen molar-refractivity contribution in [2.45, 2.75) is 30.3 Å². The summed E-state index contributed by atoms with van der Waals surface area (Å²) in [7, 11) is -3.39. The third-order valence-corrected chi connectivity index (χ3v) is 5.84. The zero-order valence-corrected chi connectivity index (χ0v) is 12.4. The number of rotatable bonds is 3. The molecule has 0 spiro atoms. The first-order valence-electron chi connectivity index (χ1n) is 6.97. The molecule has 5 nitrogen and oxygen atoms in total. The van der Waals surface area contributed by atoms with Crippen LogP contribution in [0.15, 0.2) is 41.3 Å². The molecule has 1 unspecified atom stereocenters. The van der Waals surface area contributed by atoms with Gasteiger partial charge in [-0.15, -0.1) is 0 Å². The lowest BCUT2D eigenvalue weighted by atomic mass is 10.1. The molecule has 2 saturated heterocycles. The maximum absolute atomic E-state index is 12.4. The first-order valence-corrected chi connectivity index (χ1v) is 8.41. The van der Waals surface area contributed by atoms with Crippen LogP contribution in [0.4, 0.5) is 0 Å². The van der Waals surface area contributed by atoms with Gasteiger partial charge in [0.05, 0.1) is 4.90 Å². The SMILES string of the molecule is C=C1CC(c2ccc(S(=O)(=O)N3CCCC3)cc2)OC1=O.